The molecule has 1 aliphatic rings. The maximum absolute atomic E-state index is 14.2. The van der Waals surface area contributed by atoms with Crippen LogP contribution in [0.5, 0.6) is 0 Å². The molecular weight excluding hydrogens is 357 g/mol. The first kappa shape index (κ1) is 17.1. The first-order valence-electron chi connectivity index (χ1n) is 8.14. The maximum atomic E-state index is 14.2. The van der Waals surface area contributed by atoms with Crippen LogP contribution in [0.4, 0.5) is 18.0 Å². The largest absolute Gasteiger partial charge is 0.439 e. The van der Waals surface area contributed by atoms with Gasteiger partial charge in [-0.05, 0) is 47.5 Å². The zero-order valence-corrected chi connectivity index (χ0v) is 13.8. The van der Waals surface area contributed by atoms with Crippen LogP contribution in [0.15, 0.2) is 60.9 Å². The molecule has 136 valence electrons. The smallest absolute Gasteiger partial charge is 0.408 e. The average molecular weight is 370 g/mol. The molecule has 2 heterocycles. The van der Waals surface area contributed by atoms with Gasteiger partial charge in [0.15, 0.2) is 6.10 Å². The normalized spacial score (nSPS) is 18.9. The van der Waals surface area contributed by atoms with Gasteiger partial charge in [-0.2, -0.15) is 0 Å². The molecule has 2 aromatic carbocycles. The van der Waals surface area contributed by atoms with Crippen molar-refractivity contribution in [2.75, 3.05) is 0 Å². The fourth-order valence-corrected chi connectivity index (χ4v) is 3.08. The van der Waals surface area contributed by atoms with Crippen LogP contribution in [0.3, 0.4) is 0 Å². The van der Waals surface area contributed by atoms with Gasteiger partial charge in [0.05, 0.1) is 0 Å². The van der Waals surface area contributed by atoms with E-state index < -0.39 is 29.9 Å². The highest BCUT2D eigenvalue weighted by Gasteiger charge is 2.38. The second kappa shape index (κ2) is 6.75. The summed E-state index contributed by atoms with van der Waals surface area (Å²) in [7, 11) is 0. The van der Waals surface area contributed by atoms with Crippen molar-refractivity contribution in [2.24, 2.45) is 0 Å². The van der Waals surface area contributed by atoms with Crippen LogP contribution in [-0.2, 0) is 4.74 Å². The molecule has 27 heavy (non-hydrogen) atoms. The molecular formula is C20H13F3N2O2. The van der Waals surface area contributed by atoms with Gasteiger partial charge >= 0.3 is 6.09 Å². The predicted molar refractivity (Wildman–Crippen MR) is 91.1 cm³/mol. The molecule has 1 saturated heterocycles. The number of alkyl carbamates (subject to hydrolysis) is 1. The lowest BCUT2D eigenvalue weighted by atomic mass is 9.95. The van der Waals surface area contributed by atoms with Crippen LogP contribution in [0.2, 0.25) is 0 Å². The van der Waals surface area contributed by atoms with Gasteiger partial charge in [-0.3, -0.25) is 4.98 Å². The topological polar surface area (TPSA) is 51.2 Å². The summed E-state index contributed by atoms with van der Waals surface area (Å²) in [6.45, 7) is 0. The number of rotatable bonds is 3. The number of aromatic nitrogens is 1. The summed E-state index contributed by atoms with van der Waals surface area (Å²) in [6, 6.07) is 9.83. The second-order valence-electron chi connectivity index (χ2n) is 6.13. The monoisotopic (exact) mass is 370 g/mol. The lowest BCUT2D eigenvalue weighted by Gasteiger charge is -2.18. The molecule has 1 fully saturated rings. The molecule has 0 unspecified atom stereocenters. The Morgan fingerprint density at radius 1 is 0.889 bits per heavy atom. The molecule has 0 bridgehead atoms. The van der Waals surface area contributed by atoms with E-state index in [0.29, 0.717) is 11.1 Å². The molecule has 1 N–H and O–H groups in total. The van der Waals surface area contributed by atoms with Crippen LogP contribution in [0, 0.1) is 17.5 Å². The predicted octanol–water partition coefficient (Wildman–Crippen LogP) is 4.69. The van der Waals surface area contributed by atoms with Gasteiger partial charge < -0.3 is 10.1 Å². The summed E-state index contributed by atoms with van der Waals surface area (Å²) in [6.07, 6.45) is 1.32. The van der Waals surface area contributed by atoms with E-state index in [1.54, 1.807) is 24.4 Å². The Labute approximate surface area is 152 Å². The van der Waals surface area contributed by atoms with Gasteiger partial charge in [-0.1, -0.05) is 12.1 Å². The molecule has 4 nitrogen and oxygen atoms in total. The van der Waals surface area contributed by atoms with Gasteiger partial charge in [0.2, 0.25) is 0 Å². The molecule has 0 saturated carbocycles. The van der Waals surface area contributed by atoms with E-state index in [4.69, 9.17) is 4.74 Å². The Bertz CT molecular complexity index is 1010. The van der Waals surface area contributed by atoms with Crippen molar-refractivity contribution in [3.63, 3.8) is 0 Å². The minimum Gasteiger partial charge on any atom is -0.439 e. The van der Waals surface area contributed by atoms with Crippen LogP contribution in [-0.4, -0.2) is 11.1 Å². The number of cyclic esters (lactones) is 1. The summed E-state index contributed by atoms with van der Waals surface area (Å²) in [5.74, 6) is -1.67. The van der Waals surface area contributed by atoms with Crippen molar-refractivity contribution in [1.82, 2.24) is 10.3 Å². The Kier molecular flexibility index (Phi) is 4.27. The Morgan fingerprint density at radius 2 is 1.63 bits per heavy atom. The number of hydrogen-bond acceptors (Lipinski definition) is 3. The molecule has 1 aromatic heterocycles. The Hall–Kier alpha value is -3.35. The molecule has 7 heteroatoms. The highest BCUT2D eigenvalue weighted by molar-refractivity contribution is 5.72. The van der Waals surface area contributed by atoms with Crippen molar-refractivity contribution in [3.05, 3.63) is 89.5 Å². The standard InChI is InChI=1S/C20H13F3N2O2/c21-14-3-1-11(2-4-14)12-7-13(10-24-9-12)18-19(27-20(26)25-18)16-8-15(22)5-6-17(16)23/h1-10,18-19H,(H,25,26)/t18-,19-/m1/s1. The fourth-order valence-electron chi connectivity index (χ4n) is 3.08. The number of benzene rings is 2. The second-order valence-corrected chi connectivity index (χ2v) is 6.13. The third kappa shape index (κ3) is 3.36. The minimum absolute atomic E-state index is 0.0643. The van der Waals surface area contributed by atoms with Crippen molar-refractivity contribution in [3.8, 4) is 11.1 Å². The summed E-state index contributed by atoms with van der Waals surface area (Å²) >= 11 is 0. The number of carbonyl (C=O) groups excluding carboxylic acids is 1. The zero-order valence-electron chi connectivity index (χ0n) is 13.8. The molecule has 1 aliphatic heterocycles. The molecule has 4 rings (SSSR count). The number of ether oxygens (including phenoxy) is 1. The molecule has 1 amide bonds. The minimum atomic E-state index is -1.04. The number of nitrogens with zero attached hydrogens (tertiary/aromatic N) is 1. The highest BCUT2D eigenvalue weighted by atomic mass is 19.1. The zero-order chi connectivity index (χ0) is 19.0. The number of nitrogens with one attached hydrogen (secondary N) is 1. The summed E-state index contributed by atoms with van der Waals surface area (Å²) in [5.41, 5.74) is 1.90. The first-order valence-corrected chi connectivity index (χ1v) is 8.14. The summed E-state index contributed by atoms with van der Waals surface area (Å²) in [4.78, 5) is 15.9. The van der Waals surface area contributed by atoms with Crippen molar-refractivity contribution < 1.29 is 22.7 Å². The number of amides is 1. The van der Waals surface area contributed by atoms with E-state index >= 15 is 0 Å². The van der Waals surface area contributed by atoms with Crippen LogP contribution >= 0.6 is 0 Å². The molecule has 2 atom stereocenters. The first-order chi connectivity index (χ1) is 13.0. The number of carbonyl (C=O) groups is 1. The quantitative estimate of drug-likeness (QED) is 0.728. The van der Waals surface area contributed by atoms with Crippen LogP contribution in [0.25, 0.3) is 11.1 Å². The van der Waals surface area contributed by atoms with Gasteiger partial charge in [-0.15, -0.1) is 0 Å². The third-order valence-corrected chi connectivity index (χ3v) is 4.37. The molecule has 0 spiro atoms. The van der Waals surface area contributed by atoms with Gasteiger partial charge in [-0.25, -0.2) is 18.0 Å². The van der Waals surface area contributed by atoms with Gasteiger partial charge in [0.1, 0.15) is 23.5 Å². The molecule has 0 radical (unpaired) electrons. The average Bonchev–Trinajstić information content (AvgIpc) is 3.06. The Balaban J connectivity index is 1.73. The van der Waals surface area contributed by atoms with Crippen molar-refractivity contribution >= 4 is 6.09 Å². The Morgan fingerprint density at radius 3 is 2.41 bits per heavy atom. The SMILES string of the molecule is O=C1N[C@H](c2cncc(-c3ccc(F)cc3)c2)[C@@H](c2cc(F)ccc2F)O1. The lowest BCUT2D eigenvalue weighted by molar-refractivity contribution is 0.130. The van der Waals surface area contributed by atoms with Gasteiger partial charge in [0, 0.05) is 23.5 Å². The van der Waals surface area contributed by atoms with E-state index in [9.17, 15) is 18.0 Å². The third-order valence-electron chi connectivity index (χ3n) is 4.37. The molecule has 3 aromatic rings. The lowest BCUT2D eigenvalue weighted by Crippen LogP contribution is -2.20. The van der Waals surface area contributed by atoms with E-state index in [1.165, 1.54) is 18.3 Å². The van der Waals surface area contributed by atoms with E-state index in [1.807, 2.05) is 0 Å². The number of hydrogen-bond donors (Lipinski definition) is 1. The summed E-state index contributed by atoms with van der Waals surface area (Å²) in [5, 5.41) is 2.60. The van der Waals surface area contributed by atoms with E-state index in [2.05, 4.69) is 10.3 Å². The van der Waals surface area contributed by atoms with Crippen LogP contribution < -0.4 is 5.32 Å². The van der Waals surface area contributed by atoms with Crippen molar-refractivity contribution in [2.45, 2.75) is 12.1 Å². The van der Waals surface area contributed by atoms with E-state index in [0.717, 1.165) is 23.8 Å². The number of pyridine rings is 1. The summed E-state index contributed by atoms with van der Waals surface area (Å²) < 4.78 is 46.1. The maximum Gasteiger partial charge on any atom is 0.408 e. The highest BCUT2D eigenvalue weighted by Crippen LogP contribution is 2.38. The number of halogens is 3. The van der Waals surface area contributed by atoms with Crippen LogP contribution in [0.1, 0.15) is 23.3 Å². The molecule has 0 aliphatic carbocycles. The van der Waals surface area contributed by atoms with Crippen molar-refractivity contribution in [1.29, 1.82) is 0 Å². The van der Waals surface area contributed by atoms with Gasteiger partial charge in [0.25, 0.3) is 0 Å². The fraction of sp³-hybridized carbons (Fsp3) is 0.100. The van der Waals surface area contributed by atoms with E-state index in [-0.39, 0.29) is 11.4 Å².